The van der Waals surface area contributed by atoms with Crippen LogP contribution in [-0.4, -0.2) is 31.6 Å². The molecule has 0 unspecified atom stereocenters. The second-order valence-corrected chi connectivity index (χ2v) is 3.50. The zero-order chi connectivity index (χ0) is 9.03. The van der Waals surface area contributed by atoms with Crippen LogP contribution in [0, 0.1) is 5.41 Å². The van der Waals surface area contributed by atoms with Gasteiger partial charge in [-0.05, 0) is 12.2 Å². The van der Waals surface area contributed by atoms with Gasteiger partial charge < -0.3 is 10.1 Å². The number of nitrogens with one attached hydrogen (secondary N) is 2. The standard InChI is InChI=1S/C7H13N3OS/c1-7(4-11-5-7)3-9-10-6(12)8-2/h3H,4-5H2,1-2H3,(H2,8,10,12)/b9-3+. The third-order valence-electron chi connectivity index (χ3n) is 1.63. The summed E-state index contributed by atoms with van der Waals surface area (Å²) in [6, 6.07) is 0. The van der Waals surface area contributed by atoms with Crippen molar-refractivity contribution < 1.29 is 4.74 Å². The van der Waals surface area contributed by atoms with Crippen LogP contribution in [0.2, 0.25) is 0 Å². The molecule has 12 heavy (non-hydrogen) atoms. The average Bonchev–Trinajstić information content (AvgIpc) is 2.01. The van der Waals surface area contributed by atoms with E-state index in [0.717, 1.165) is 13.2 Å². The summed E-state index contributed by atoms with van der Waals surface area (Å²) < 4.78 is 5.05. The van der Waals surface area contributed by atoms with E-state index in [1.807, 2.05) is 6.21 Å². The van der Waals surface area contributed by atoms with Crippen LogP contribution in [0.15, 0.2) is 5.10 Å². The predicted octanol–water partition coefficient (Wildman–Crippen LogP) is 0.103. The number of hydrazone groups is 1. The molecule has 0 aromatic rings. The van der Waals surface area contributed by atoms with Crippen molar-refractivity contribution in [3.63, 3.8) is 0 Å². The van der Waals surface area contributed by atoms with Crippen LogP contribution in [0.1, 0.15) is 6.92 Å². The Morgan fingerprint density at radius 1 is 1.67 bits per heavy atom. The van der Waals surface area contributed by atoms with Crippen molar-refractivity contribution >= 4 is 23.5 Å². The number of rotatable bonds is 2. The van der Waals surface area contributed by atoms with Crippen LogP contribution in [0.4, 0.5) is 0 Å². The smallest absolute Gasteiger partial charge is 0.186 e. The van der Waals surface area contributed by atoms with Crippen molar-refractivity contribution in [2.45, 2.75) is 6.92 Å². The Hall–Kier alpha value is -0.680. The Morgan fingerprint density at radius 3 is 2.75 bits per heavy atom. The van der Waals surface area contributed by atoms with Gasteiger partial charge in [0, 0.05) is 13.3 Å². The van der Waals surface area contributed by atoms with Crippen molar-refractivity contribution in [3.05, 3.63) is 0 Å². The maximum Gasteiger partial charge on any atom is 0.186 e. The molecule has 0 spiro atoms. The Morgan fingerprint density at radius 2 is 2.33 bits per heavy atom. The molecule has 4 nitrogen and oxygen atoms in total. The van der Waals surface area contributed by atoms with Crippen LogP contribution in [-0.2, 0) is 4.74 Å². The number of thiocarbonyl (C=S) groups is 1. The van der Waals surface area contributed by atoms with E-state index >= 15 is 0 Å². The van der Waals surface area contributed by atoms with E-state index in [-0.39, 0.29) is 5.41 Å². The molecule has 68 valence electrons. The highest BCUT2D eigenvalue weighted by Crippen LogP contribution is 2.23. The Kier molecular flexibility index (Phi) is 2.99. The van der Waals surface area contributed by atoms with E-state index < -0.39 is 0 Å². The average molecular weight is 187 g/mol. The molecule has 0 aromatic heterocycles. The third-order valence-corrected chi connectivity index (χ3v) is 1.93. The van der Waals surface area contributed by atoms with Gasteiger partial charge in [0.25, 0.3) is 0 Å². The first-order valence-electron chi connectivity index (χ1n) is 3.76. The summed E-state index contributed by atoms with van der Waals surface area (Å²) in [4.78, 5) is 0. The first-order valence-corrected chi connectivity index (χ1v) is 4.17. The summed E-state index contributed by atoms with van der Waals surface area (Å²) in [7, 11) is 1.75. The largest absolute Gasteiger partial charge is 0.379 e. The fraction of sp³-hybridized carbons (Fsp3) is 0.714. The molecule has 0 radical (unpaired) electrons. The maximum absolute atomic E-state index is 5.05. The normalized spacial score (nSPS) is 20.2. The van der Waals surface area contributed by atoms with Crippen molar-refractivity contribution in [1.29, 1.82) is 0 Å². The van der Waals surface area contributed by atoms with E-state index in [1.54, 1.807) is 7.05 Å². The lowest BCUT2D eigenvalue weighted by molar-refractivity contribution is -0.0556. The van der Waals surface area contributed by atoms with Crippen molar-refractivity contribution in [1.82, 2.24) is 10.7 Å². The molecule has 1 saturated heterocycles. The molecular formula is C7H13N3OS. The number of nitrogens with zero attached hydrogens (tertiary/aromatic N) is 1. The lowest BCUT2D eigenvalue weighted by Gasteiger charge is -2.33. The zero-order valence-electron chi connectivity index (χ0n) is 7.26. The molecule has 1 heterocycles. The minimum atomic E-state index is 0.0936. The predicted molar refractivity (Wildman–Crippen MR) is 52.2 cm³/mol. The molecule has 1 aliphatic rings. The number of hydrogen-bond acceptors (Lipinski definition) is 3. The summed E-state index contributed by atoms with van der Waals surface area (Å²) in [5.74, 6) is 0. The summed E-state index contributed by atoms with van der Waals surface area (Å²) in [6.45, 7) is 3.57. The van der Waals surface area contributed by atoms with Gasteiger partial charge in [0.2, 0.25) is 0 Å². The van der Waals surface area contributed by atoms with Gasteiger partial charge in [0.15, 0.2) is 5.11 Å². The van der Waals surface area contributed by atoms with Gasteiger partial charge in [-0.1, -0.05) is 6.92 Å². The van der Waals surface area contributed by atoms with E-state index in [9.17, 15) is 0 Å². The molecule has 0 atom stereocenters. The molecule has 1 aliphatic heterocycles. The van der Waals surface area contributed by atoms with Crippen LogP contribution in [0.5, 0.6) is 0 Å². The maximum atomic E-state index is 5.05. The molecule has 0 amide bonds. The van der Waals surface area contributed by atoms with Crippen molar-refractivity contribution in [2.24, 2.45) is 10.5 Å². The molecule has 0 saturated carbocycles. The van der Waals surface area contributed by atoms with Crippen molar-refractivity contribution in [3.8, 4) is 0 Å². The summed E-state index contributed by atoms with van der Waals surface area (Å²) in [6.07, 6.45) is 1.83. The second-order valence-electron chi connectivity index (χ2n) is 3.10. The van der Waals surface area contributed by atoms with Gasteiger partial charge in [0.1, 0.15) is 0 Å². The van der Waals surface area contributed by atoms with E-state index in [1.165, 1.54) is 0 Å². The third kappa shape index (κ3) is 2.42. The Balaban J connectivity index is 2.25. The number of ether oxygens (including phenoxy) is 1. The van der Waals surface area contributed by atoms with E-state index in [0.29, 0.717) is 5.11 Å². The number of hydrogen-bond donors (Lipinski definition) is 2. The van der Waals surface area contributed by atoms with Crippen molar-refractivity contribution in [2.75, 3.05) is 20.3 Å². The molecule has 5 heteroatoms. The van der Waals surface area contributed by atoms with Crippen LogP contribution in [0.25, 0.3) is 0 Å². The second kappa shape index (κ2) is 3.82. The highest BCUT2D eigenvalue weighted by Gasteiger charge is 2.31. The molecule has 2 N–H and O–H groups in total. The monoisotopic (exact) mass is 187 g/mol. The molecule has 1 rings (SSSR count). The summed E-state index contributed by atoms with van der Waals surface area (Å²) >= 11 is 4.83. The van der Waals surface area contributed by atoms with Gasteiger partial charge in [-0.25, -0.2) is 0 Å². The SMILES string of the molecule is CNC(=S)N/N=C/C1(C)COC1. The molecule has 0 aromatic carbocycles. The van der Waals surface area contributed by atoms with Gasteiger partial charge >= 0.3 is 0 Å². The highest BCUT2D eigenvalue weighted by atomic mass is 32.1. The van der Waals surface area contributed by atoms with Gasteiger partial charge in [-0.15, -0.1) is 0 Å². The van der Waals surface area contributed by atoms with Crippen LogP contribution in [0.3, 0.4) is 0 Å². The first-order chi connectivity index (χ1) is 5.66. The van der Waals surface area contributed by atoms with Gasteiger partial charge in [0.05, 0.1) is 18.6 Å². The highest BCUT2D eigenvalue weighted by molar-refractivity contribution is 7.80. The minimum Gasteiger partial charge on any atom is -0.379 e. The zero-order valence-corrected chi connectivity index (χ0v) is 8.07. The molecule has 1 fully saturated rings. The van der Waals surface area contributed by atoms with E-state index in [2.05, 4.69) is 22.8 Å². The fourth-order valence-corrected chi connectivity index (χ4v) is 0.854. The summed E-state index contributed by atoms with van der Waals surface area (Å²) in [5, 5.41) is 7.26. The Bertz CT molecular complexity index is 201. The lowest BCUT2D eigenvalue weighted by atomic mass is 9.91. The van der Waals surface area contributed by atoms with Gasteiger partial charge in [-0.3, -0.25) is 5.43 Å². The molecule has 0 bridgehead atoms. The van der Waals surface area contributed by atoms with E-state index in [4.69, 9.17) is 17.0 Å². The first kappa shape index (κ1) is 9.41. The topological polar surface area (TPSA) is 45.7 Å². The minimum absolute atomic E-state index is 0.0936. The molecule has 0 aliphatic carbocycles. The Labute approximate surface area is 77.4 Å². The summed E-state index contributed by atoms with van der Waals surface area (Å²) in [5.41, 5.74) is 2.78. The fourth-order valence-electron chi connectivity index (χ4n) is 0.801. The van der Waals surface area contributed by atoms with Gasteiger partial charge in [-0.2, -0.15) is 5.10 Å². The van der Waals surface area contributed by atoms with Crippen LogP contribution >= 0.6 is 12.2 Å². The lowest BCUT2D eigenvalue weighted by Crippen LogP contribution is -2.42. The molecular weight excluding hydrogens is 174 g/mol. The quantitative estimate of drug-likeness (QED) is 0.366. The van der Waals surface area contributed by atoms with Crippen LogP contribution < -0.4 is 10.7 Å².